The Morgan fingerprint density at radius 1 is 1.12 bits per heavy atom. The third kappa shape index (κ3) is 4.19. The Balaban J connectivity index is 1.78. The minimum Gasteiger partial charge on any atom is -0.493 e. The second-order valence-electron chi connectivity index (χ2n) is 6.82. The van der Waals surface area contributed by atoms with E-state index in [1.54, 1.807) is 7.11 Å². The van der Waals surface area contributed by atoms with Crippen molar-refractivity contribution in [1.82, 2.24) is 15.0 Å². The predicted molar refractivity (Wildman–Crippen MR) is 108 cm³/mol. The minimum atomic E-state index is -1.15. The second-order valence-corrected chi connectivity index (χ2v) is 10.6. The third-order valence-corrected chi connectivity index (χ3v) is 6.63. The fourth-order valence-corrected chi connectivity index (χ4v) is 4.69. The Morgan fingerprint density at radius 3 is 2.69 bits per heavy atom. The molecular formula is C20H27N3O2S. The summed E-state index contributed by atoms with van der Waals surface area (Å²) >= 11 is 0. The number of aromatic nitrogens is 3. The Labute approximate surface area is 156 Å². The molecule has 0 unspecified atom stereocenters. The molecule has 5 nitrogen and oxygen atoms in total. The van der Waals surface area contributed by atoms with Gasteiger partial charge in [-0.05, 0) is 37.6 Å². The quantitative estimate of drug-likeness (QED) is 0.598. The lowest BCUT2D eigenvalue weighted by molar-refractivity contribution is 0.172. The lowest BCUT2D eigenvalue weighted by atomic mass is 10.2. The summed E-state index contributed by atoms with van der Waals surface area (Å²) in [5, 5.41) is 1.06. The van der Waals surface area contributed by atoms with Gasteiger partial charge in [-0.2, -0.15) is 10.0 Å². The number of hydrogen-bond acceptors (Lipinski definition) is 4. The summed E-state index contributed by atoms with van der Waals surface area (Å²) in [5.41, 5.74) is 4.29. The number of aromatic amines is 1. The molecule has 0 spiro atoms. The number of hydrogen-bond donors (Lipinski definition) is 1. The number of nitrogens with one attached hydrogen (secondary N) is 1. The highest BCUT2D eigenvalue weighted by atomic mass is 32.3. The molecule has 0 saturated carbocycles. The molecule has 1 N–H and O–H groups in total. The fourth-order valence-electron chi connectivity index (χ4n) is 2.85. The molecule has 1 aromatic carbocycles. The molecule has 0 saturated heterocycles. The van der Waals surface area contributed by atoms with Crippen molar-refractivity contribution in [2.45, 2.75) is 24.3 Å². The van der Waals surface area contributed by atoms with Crippen molar-refractivity contribution in [3.8, 4) is 5.75 Å². The Morgan fingerprint density at radius 2 is 1.92 bits per heavy atom. The molecule has 6 heteroatoms. The highest BCUT2D eigenvalue weighted by Crippen LogP contribution is 2.51. The van der Waals surface area contributed by atoms with Crippen molar-refractivity contribution in [3.05, 3.63) is 47.8 Å². The normalized spacial score (nSPS) is 12.5. The first kappa shape index (κ1) is 18.7. The van der Waals surface area contributed by atoms with E-state index in [0.717, 1.165) is 45.4 Å². The first-order valence-electron chi connectivity index (χ1n) is 8.73. The molecular weight excluding hydrogens is 346 g/mol. The molecule has 0 bridgehead atoms. The summed E-state index contributed by atoms with van der Waals surface area (Å²) < 4.78 is 11.0. The number of imidazole rings is 1. The predicted octanol–water partition coefficient (Wildman–Crippen LogP) is 4.30. The number of rotatable bonds is 8. The van der Waals surface area contributed by atoms with E-state index >= 15 is 0 Å². The summed E-state index contributed by atoms with van der Waals surface area (Å²) in [6.07, 6.45) is 7.27. The van der Waals surface area contributed by atoms with Gasteiger partial charge in [0.25, 0.3) is 0 Å². The van der Waals surface area contributed by atoms with Gasteiger partial charge in [0.1, 0.15) is 10.9 Å². The van der Waals surface area contributed by atoms with Crippen LogP contribution in [0.2, 0.25) is 0 Å². The molecule has 140 valence electrons. The van der Waals surface area contributed by atoms with Gasteiger partial charge in [-0.15, -0.1) is 0 Å². The molecule has 0 radical (unpaired) electrons. The van der Waals surface area contributed by atoms with Crippen LogP contribution < -0.4 is 4.74 Å². The van der Waals surface area contributed by atoms with Gasteiger partial charge < -0.3 is 14.5 Å². The fraction of sp³-hybridized carbons (Fsp3) is 0.400. The van der Waals surface area contributed by atoms with Gasteiger partial charge in [0.2, 0.25) is 0 Å². The molecule has 0 atom stereocenters. The van der Waals surface area contributed by atoms with Crippen LogP contribution in [0.3, 0.4) is 0 Å². The summed E-state index contributed by atoms with van der Waals surface area (Å²) in [7, 11) is 0.559. The molecule has 26 heavy (non-hydrogen) atoms. The maximum atomic E-state index is 5.91. The first-order chi connectivity index (χ1) is 12.5. The van der Waals surface area contributed by atoms with Gasteiger partial charge >= 0.3 is 0 Å². The van der Waals surface area contributed by atoms with Crippen LogP contribution in [0.1, 0.15) is 17.7 Å². The SMILES string of the molecule is COCCCOc1ccnc(CS(C)(C)c2nc3ccccc3[nH]2)c1C. The van der Waals surface area contributed by atoms with Crippen LogP contribution in [0.15, 0.2) is 41.7 Å². The summed E-state index contributed by atoms with van der Waals surface area (Å²) in [6.45, 7) is 3.44. The van der Waals surface area contributed by atoms with Gasteiger partial charge in [0.05, 0.1) is 23.3 Å². The van der Waals surface area contributed by atoms with E-state index in [4.69, 9.17) is 14.5 Å². The number of nitrogens with zero attached hydrogens (tertiary/aromatic N) is 2. The van der Waals surface area contributed by atoms with E-state index in [0.29, 0.717) is 13.2 Å². The molecule has 0 aliphatic carbocycles. The van der Waals surface area contributed by atoms with Crippen molar-refractivity contribution < 1.29 is 9.47 Å². The van der Waals surface area contributed by atoms with Gasteiger partial charge in [-0.1, -0.05) is 12.1 Å². The number of para-hydroxylation sites is 2. The average Bonchev–Trinajstić information content (AvgIpc) is 3.07. The molecule has 2 aromatic heterocycles. The third-order valence-electron chi connectivity index (χ3n) is 4.40. The van der Waals surface area contributed by atoms with E-state index in [9.17, 15) is 0 Å². The van der Waals surface area contributed by atoms with Gasteiger partial charge in [-0.25, -0.2) is 4.98 Å². The van der Waals surface area contributed by atoms with Crippen LogP contribution in [0.25, 0.3) is 11.0 Å². The number of fused-ring (bicyclic) bond motifs is 1. The van der Waals surface area contributed by atoms with E-state index in [2.05, 4.69) is 35.5 Å². The average molecular weight is 374 g/mol. The zero-order valence-corrected chi connectivity index (χ0v) is 16.7. The first-order valence-corrected chi connectivity index (χ1v) is 11.3. The van der Waals surface area contributed by atoms with Crippen molar-refractivity contribution in [2.24, 2.45) is 0 Å². The lowest BCUT2D eigenvalue weighted by Gasteiger charge is -2.29. The number of H-pyrrole nitrogens is 1. The highest BCUT2D eigenvalue weighted by molar-refractivity contribution is 8.31. The number of pyridine rings is 1. The standard InChI is InChI=1S/C20H27N3O2S/c1-15-18(21-11-10-19(15)25-13-7-12-24-2)14-26(3,4)20-22-16-8-5-6-9-17(16)23-20/h5-6,8-11H,7,12-14H2,1-4H3,(H,22,23). The van der Waals surface area contributed by atoms with Crippen molar-refractivity contribution >= 4 is 21.1 Å². The van der Waals surface area contributed by atoms with Crippen molar-refractivity contribution in [1.29, 1.82) is 0 Å². The van der Waals surface area contributed by atoms with E-state index < -0.39 is 10.0 Å². The number of ether oxygens (including phenoxy) is 2. The largest absolute Gasteiger partial charge is 0.493 e. The summed E-state index contributed by atoms with van der Waals surface area (Å²) in [6, 6.07) is 10.1. The van der Waals surface area contributed by atoms with Crippen LogP contribution >= 0.6 is 10.0 Å². The van der Waals surface area contributed by atoms with Crippen molar-refractivity contribution in [3.63, 3.8) is 0 Å². The van der Waals surface area contributed by atoms with E-state index in [1.807, 2.05) is 30.5 Å². The molecule has 0 fully saturated rings. The Bertz CT molecular complexity index is 843. The van der Waals surface area contributed by atoms with Crippen LogP contribution in [-0.2, 0) is 10.5 Å². The monoisotopic (exact) mass is 373 g/mol. The van der Waals surface area contributed by atoms with Crippen LogP contribution in [0, 0.1) is 6.92 Å². The maximum Gasteiger partial charge on any atom is 0.148 e. The Hall–Kier alpha value is -2.05. The molecule has 0 aliphatic heterocycles. The Kier molecular flexibility index (Phi) is 5.84. The highest BCUT2D eigenvalue weighted by Gasteiger charge is 2.22. The van der Waals surface area contributed by atoms with Crippen molar-refractivity contribution in [2.75, 3.05) is 32.8 Å². The molecule has 2 heterocycles. The van der Waals surface area contributed by atoms with Gasteiger partial charge in [-0.3, -0.25) is 4.98 Å². The molecule has 0 amide bonds. The zero-order valence-electron chi connectivity index (χ0n) is 15.9. The summed E-state index contributed by atoms with van der Waals surface area (Å²) in [5.74, 6) is 1.78. The number of benzene rings is 1. The maximum absolute atomic E-state index is 5.91. The van der Waals surface area contributed by atoms with Crippen LogP contribution in [0.4, 0.5) is 0 Å². The summed E-state index contributed by atoms with van der Waals surface area (Å²) in [4.78, 5) is 12.9. The molecule has 3 aromatic rings. The van der Waals surface area contributed by atoms with E-state index in [-0.39, 0.29) is 0 Å². The topological polar surface area (TPSA) is 60.0 Å². The van der Waals surface area contributed by atoms with Gasteiger partial charge in [0.15, 0.2) is 0 Å². The second kappa shape index (κ2) is 8.10. The van der Waals surface area contributed by atoms with Crippen LogP contribution in [0.5, 0.6) is 5.75 Å². The molecule has 3 rings (SSSR count). The zero-order chi connectivity index (χ0) is 18.6. The smallest absolute Gasteiger partial charge is 0.148 e. The number of methoxy groups -OCH3 is 1. The van der Waals surface area contributed by atoms with E-state index in [1.165, 1.54) is 0 Å². The minimum absolute atomic E-state index is 0.651. The van der Waals surface area contributed by atoms with Crippen LogP contribution in [-0.4, -0.2) is 47.8 Å². The van der Waals surface area contributed by atoms with Gasteiger partial charge in [0, 0.05) is 37.7 Å². The lowest BCUT2D eigenvalue weighted by Crippen LogP contribution is -2.08. The molecule has 0 aliphatic rings.